The van der Waals surface area contributed by atoms with Crippen molar-refractivity contribution in [2.24, 2.45) is 0 Å². The van der Waals surface area contributed by atoms with E-state index in [1.165, 1.54) is 0 Å². The summed E-state index contributed by atoms with van der Waals surface area (Å²) in [7, 11) is 0. The standard InChI is InChI=1S/2CH2O2.Mo/c2*2-1-3;/h2*1H,(H,2,3);. The van der Waals surface area contributed by atoms with Gasteiger partial charge in [-0.25, -0.2) is 0 Å². The van der Waals surface area contributed by atoms with Gasteiger partial charge >= 0.3 is 0 Å². The number of carbonyl (C=O) groups is 2. The monoisotopic (exact) mass is 190 g/mol. The van der Waals surface area contributed by atoms with Crippen LogP contribution in [0, 0.1) is 0 Å². The minimum atomic E-state index is -0.250. The van der Waals surface area contributed by atoms with Crippen LogP contribution in [0.2, 0.25) is 0 Å². The molecule has 0 saturated carbocycles. The molecule has 4 nitrogen and oxygen atoms in total. The molecule has 7 heavy (non-hydrogen) atoms. The molecular weight excluding hydrogens is 184 g/mol. The topological polar surface area (TPSA) is 74.6 Å². The second-order valence-corrected chi connectivity index (χ2v) is 0.211. The maximum atomic E-state index is 8.36. The van der Waals surface area contributed by atoms with Gasteiger partial charge in [0.15, 0.2) is 0 Å². The van der Waals surface area contributed by atoms with Crippen LogP contribution in [0.1, 0.15) is 0 Å². The Morgan fingerprint density at radius 1 is 1.00 bits per heavy atom. The second-order valence-electron chi connectivity index (χ2n) is 0.211. The summed E-state index contributed by atoms with van der Waals surface area (Å²) < 4.78 is 0. The summed E-state index contributed by atoms with van der Waals surface area (Å²) in [6.45, 7) is -0.500. The first-order valence-corrected chi connectivity index (χ1v) is 0.988. The van der Waals surface area contributed by atoms with E-state index in [1.807, 2.05) is 0 Å². The predicted octanol–water partition coefficient (Wildman–Crippen LogP) is -0.601. The minimum Gasteiger partial charge on any atom is -0.483 e. The van der Waals surface area contributed by atoms with Gasteiger partial charge in [0.05, 0.1) is 0 Å². The van der Waals surface area contributed by atoms with Gasteiger partial charge in [-0.3, -0.25) is 9.59 Å². The third-order valence-corrected chi connectivity index (χ3v) is 0. The zero-order valence-corrected chi connectivity index (χ0v) is 5.28. The summed E-state index contributed by atoms with van der Waals surface area (Å²) >= 11 is 0. The normalized spacial score (nSPS) is 3.43. The molecule has 0 spiro atoms. The Labute approximate surface area is 54.4 Å². The summed E-state index contributed by atoms with van der Waals surface area (Å²) in [5.74, 6) is 0. The molecule has 0 unspecified atom stereocenters. The van der Waals surface area contributed by atoms with Gasteiger partial charge in [0.2, 0.25) is 0 Å². The van der Waals surface area contributed by atoms with E-state index in [0.717, 1.165) is 0 Å². The van der Waals surface area contributed by atoms with Crippen molar-refractivity contribution in [3.8, 4) is 0 Å². The van der Waals surface area contributed by atoms with Crippen LogP contribution in [-0.2, 0) is 30.7 Å². The Bertz CT molecular complexity index is 30.7. The van der Waals surface area contributed by atoms with Crippen molar-refractivity contribution in [2.45, 2.75) is 0 Å². The van der Waals surface area contributed by atoms with Crippen LogP contribution < -0.4 is 0 Å². The van der Waals surface area contributed by atoms with Gasteiger partial charge in [-0.2, -0.15) is 0 Å². The van der Waals surface area contributed by atoms with Crippen molar-refractivity contribution in [1.29, 1.82) is 0 Å². The molecule has 0 bridgehead atoms. The molecule has 0 atom stereocenters. The molecule has 5 heteroatoms. The van der Waals surface area contributed by atoms with Crippen LogP contribution in [-0.4, -0.2) is 23.2 Å². The summed E-state index contributed by atoms with van der Waals surface area (Å²) in [5, 5.41) is 13.8. The molecule has 0 heterocycles. The van der Waals surface area contributed by atoms with E-state index >= 15 is 0 Å². The van der Waals surface area contributed by atoms with E-state index in [-0.39, 0.29) is 34.0 Å². The summed E-state index contributed by atoms with van der Waals surface area (Å²) in [6.07, 6.45) is 0. The van der Waals surface area contributed by atoms with E-state index in [9.17, 15) is 0 Å². The molecular formula is C2H4MoO4. The van der Waals surface area contributed by atoms with Crippen molar-refractivity contribution in [3.05, 3.63) is 0 Å². The average molecular weight is 188 g/mol. The molecule has 0 aromatic rings. The number of rotatable bonds is 0. The molecule has 2 N–H and O–H groups in total. The Kier molecular flexibility index (Phi) is 104. The summed E-state index contributed by atoms with van der Waals surface area (Å²) in [6, 6.07) is 0. The third kappa shape index (κ3) is 536. The molecule has 0 aliphatic heterocycles. The molecule has 0 radical (unpaired) electrons. The molecule has 0 aromatic heterocycles. The molecule has 42 valence electrons. The van der Waals surface area contributed by atoms with Gasteiger partial charge in [-0.05, 0) is 0 Å². The second kappa shape index (κ2) is 45.5. The van der Waals surface area contributed by atoms with Crippen molar-refractivity contribution in [1.82, 2.24) is 0 Å². The molecule has 0 fully saturated rings. The molecule has 0 saturated heterocycles. The Hall–Kier alpha value is -0.372. The summed E-state index contributed by atoms with van der Waals surface area (Å²) in [4.78, 5) is 16.7. The zero-order chi connectivity index (χ0) is 5.41. The largest absolute Gasteiger partial charge is 0.483 e. The van der Waals surface area contributed by atoms with Crippen LogP contribution >= 0.6 is 0 Å². The number of hydrogen-bond donors (Lipinski definition) is 2. The van der Waals surface area contributed by atoms with Crippen LogP contribution in [0.4, 0.5) is 0 Å². The van der Waals surface area contributed by atoms with Gasteiger partial charge in [0, 0.05) is 21.1 Å². The third-order valence-electron chi connectivity index (χ3n) is 0. The smallest absolute Gasteiger partial charge is 0.290 e. The van der Waals surface area contributed by atoms with Crippen molar-refractivity contribution < 1.29 is 40.9 Å². The van der Waals surface area contributed by atoms with Crippen LogP contribution in [0.15, 0.2) is 0 Å². The number of carboxylic acid groups (broad SMARTS) is 2. The van der Waals surface area contributed by atoms with E-state index in [4.69, 9.17) is 19.8 Å². The van der Waals surface area contributed by atoms with E-state index in [2.05, 4.69) is 0 Å². The fourth-order valence-corrected chi connectivity index (χ4v) is 0. The quantitative estimate of drug-likeness (QED) is 0.393. The molecule has 0 aliphatic rings. The SMILES string of the molecule is O=CO.O=CO.[Mo]. The van der Waals surface area contributed by atoms with E-state index in [0.29, 0.717) is 0 Å². The van der Waals surface area contributed by atoms with Gasteiger partial charge in [-0.15, -0.1) is 0 Å². The maximum absolute atomic E-state index is 8.36. The van der Waals surface area contributed by atoms with Crippen LogP contribution in [0.25, 0.3) is 0 Å². The molecule has 0 amide bonds. The molecule has 0 aliphatic carbocycles. The van der Waals surface area contributed by atoms with Gasteiger partial charge in [0.1, 0.15) is 0 Å². The first-order valence-electron chi connectivity index (χ1n) is 0.988. The van der Waals surface area contributed by atoms with Crippen molar-refractivity contribution in [2.75, 3.05) is 0 Å². The Balaban J connectivity index is -0.0000000400. The fraction of sp³-hybridized carbons (Fsp3) is 0. The van der Waals surface area contributed by atoms with Gasteiger partial charge in [0.25, 0.3) is 12.9 Å². The Morgan fingerprint density at radius 3 is 1.00 bits per heavy atom. The van der Waals surface area contributed by atoms with E-state index in [1.54, 1.807) is 0 Å². The van der Waals surface area contributed by atoms with Crippen molar-refractivity contribution in [3.63, 3.8) is 0 Å². The van der Waals surface area contributed by atoms with E-state index < -0.39 is 0 Å². The van der Waals surface area contributed by atoms with Crippen LogP contribution in [0.5, 0.6) is 0 Å². The first-order chi connectivity index (χ1) is 2.83. The average Bonchev–Trinajstić information content (AvgIpc) is 1.39. The molecule has 0 rings (SSSR count). The van der Waals surface area contributed by atoms with Gasteiger partial charge in [-0.1, -0.05) is 0 Å². The molecule has 0 aromatic carbocycles. The minimum absolute atomic E-state index is 0. The van der Waals surface area contributed by atoms with Gasteiger partial charge < -0.3 is 10.2 Å². The fourth-order valence-electron chi connectivity index (χ4n) is 0. The predicted molar refractivity (Wildman–Crippen MR) is 17.4 cm³/mol. The summed E-state index contributed by atoms with van der Waals surface area (Å²) in [5.41, 5.74) is 0. The zero-order valence-electron chi connectivity index (χ0n) is 3.27. The number of hydrogen-bond acceptors (Lipinski definition) is 2. The first kappa shape index (κ1) is 15.9. The Morgan fingerprint density at radius 2 is 1.00 bits per heavy atom. The van der Waals surface area contributed by atoms with Crippen LogP contribution in [0.3, 0.4) is 0 Å². The van der Waals surface area contributed by atoms with Crippen molar-refractivity contribution >= 4 is 12.9 Å². The maximum Gasteiger partial charge on any atom is 0.290 e.